The van der Waals surface area contributed by atoms with Crippen LogP contribution in [0.2, 0.25) is 0 Å². The fourth-order valence-electron chi connectivity index (χ4n) is 1.69. The van der Waals surface area contributed by atoms with Crippen LogP contribution in [-0.2, 0) is 4.74 Å². The fourth-order valence-corrected chi connectivity index (χ4v) is 2.09. The third kappa shape index (κ3) is 3.41. The Balaban J connectivity index is 2.42. The van der Waals surface area contributed by atoms with Crippen LogP contribution in [0.4, 0.5) is 0 Å². The summed E-state index contributed by atoms with van der Waals surface area (Å²) in [7, 11) is 2.11. The maximum absolute atomic E-state index is 5.67. The minimum atomic E-state index is 0.0482. The van der Waals surface area contributed by atoms with Gasteiger partial charge in [-0.3, -0.25) is 4.90 Å². The molecular weight excluding hydrogens is 230 g/mol. The van der Waals surface area contributed by atoms with Gasteiger partial charge < -0.3 is 4.74 Å². The van der Waals surface area contributed by atoms with E-state index in [1.54, 1.807) is 0 Å². The summed E-state index contributed by atoms with van der Waals surface area (Å²) in [6.07, 6.45) is 1.10. The smallest absolute Gasteiger partial charge is 0.0643 e. The second-order valence-electron chi connectivity index (χ2n) is 4.36. The zero-order valence-corrected chi connectivity index (χ0v) is 10.2. The molecule has 0 saturated carbocycles. The number of halogens is 1. The van der Waals surface area contributed by atoms with E-state index in [-0.39, 0.29) is 5.60 Å². The molecule has 1 aliphatic rings. The molecule has 0 aromatic carbocycles. The Morgan fingerprint density at radius 2 is 2.31 bits per heavy atom. The number of hydrogen-bond donors (Lipinski definition) is 0. The Bertz CT molecular complexity index is 203. The highest BCUT2D eigenvalue weighted by molar-refractivity contribution is 9.11. The van der Waals surface area contributed by atoms with Crippen molar-refractivity contribution < 1.29 is 4.74 Å². The Morgan fingerprint density at radius 3 is 2.69 bits per heavy atom. The highest BCUT2D eigenvalue weighted by atomic mass is 79.9. The van der Waals surface area contributed by atoms with E-state index < -0.39 is 0 Å². The molecule has 1 fully saturated rings. The number of rotatable bonds is 3. The number of nitrogens with zero attached hydrogens (tertiary/aromatic N) is 1. The lowest BCUT2D eigenvalue weighted by atomic mass is 10.0. The van der Waals surface area contributed by atoms with Gasteiger partial charge in [0.2, 0.25) is 0 Å². The van der Waals surface area contributed by atoms with Gasteiger partial charge in [0, 0.05) is 17.1 Å². The quantitative estimate of drug-likeness (QED) is 0.760. The van der Waals surface area contributed by atoms with Crippen molar-refractivity contribution in [1.82, 2.24) is 4.90 Å². The van der Waals surface area contributed by atoms with Crippen LogP contribution in [0.5, 0.6) is 0 Å². The molecular formula is C10H18BrNO. The van der Waals surface area contributed by atoms with Crippen molar-refractivity contribution in [1.29, 1.82) is 0 Å². The molecule has 2 nitrogen and oxygen atoms in total. The molecule has 1 aliphatic heterocycles. The van der Waals surface area contributed by atoms with Gasteiger partial charge in [0.25, 0.3) is 0 Å². The summed E-state index contributed by atoms with van der Waals surface area (Å²) in [5.74, 6) is 0. The number of likely N-dealkylation sites (N-methyl/N-ethyl adjacent to an activating group) is 1. The largest absolute Gasteiger partial charge is 0.374 e. The van der Waals surface area contributed by atoms with E-state index in [0.29, 0.717) is 6.04 Å². The first-order valence-electron chi connectivity index (χ1n) is 4.58. The molecule has 13 heavy (non-hydrogen) atoms. The van der Waals surface area contributed by atoms with Gasteiger partial charge in [-0.25, -0.2) is 0 Å². The molecule has 3 heteroatoms. The lowest BCUT2D eigenvalue weighted by Gasteiger charge is -2.23. The van der Waals surface area contributed by atoms with Crippen LogP contribution < -0.4 is 0 Å². The molecule has 1 heterocycles. The number of hydrogen-bond acceptors (Lipinski definition) is 2. The normalized spacial score (nSPS) is 26.7. The number of ether oxygens (including phenoxy) is 1. The fraction of sp³-hybridized carbons (Fsp3) is 0.800. The minimum Gasteiger partial charge on any atom is -0.374 e. The highest BCUT2D eigenvalue weighted by Gasteiger charge is 2.33. The van der Waals surface area contributed by atoms with Crippen molar-refractivity contribution in [2.75, 3.05) is 20.2 Å². The summed E-state index contributed by atoms with van der Waals surface area (Å²) in [5, 5.41) is 0. The van der Waals surface area contributed by atoms with Crippen molar-refractivity contribution in [2.24, 2.45) is 0 Å². The monoisotopic (exact) mass is 247 g/mol. The van der Waals surface area contributed by atoms with Crippen LogP contribution in [0.1, 0.15) is 20.3 Å². The van der Waals surface area contributed by atoms with Crippen LogP contribution >= 0.6 is 15.9 Å². The standard InChI is InChI=1S/C10H18BrNO/c1-8(11)6-12(4)9-5-10(2,3)13-7-9/h9H,1,5-7H2,2-4H3. The maximum Gasteiger partial charge on any atom is 0.0643 e. The summed E-state index contributed by atoms with van der Waals surface area (Å²) in [5.41, 5.74) is 0.0482. The van der Waals surface area contributed by atoms with Gasteiger partial charge in [-0.15, -0.1) is 0 Å². The predicted octanol–water partition coefficient (Wildman–Crippen LogP) is 2.39. The van der Waals surface area contributed by atoms with Crippen molar-refractivity contribution in [3.63, 3.8) is 0 Å². The van der Waals surface area contributed by atoms with E-state index in [4.69, 9.17) is 4.74 Å². The van der Waals surface area contributed by atoms with Crippen LogP contribution in [0.3, 0.4) is 0 Å². The summed E-state index contributed by atoms with van der Waals surface area (Å²) in [6.45, 7) is 9.85. The first-order valence-corrected chi connectivity index (χ1v) is 5.37. The van der Waals surface area contributed by atoms with Crippen molar-refractivity contribution in [3.05, 3.63) is 11.1 Å². The van der Waals surface area contributed by atoms with Gasteiger partial charge in [-0.05, 0) is 27.3 Å². The van der Waals surface area contributed by atoms with Gasteiger partial charge in [-0.1, -0.05) is 22.5 Å². The van der Waals surface area contributed by atoms with E-state index in [2.05, 4.69) is 48.3 Å². The van der Waals surface area contributed by atoms with Crippen LogP contribution in [0, 0.1) is 0 Å². The first-order chi connectivity index (χ1) is 5.91. The van der Waals surface area contributed by atoms with E-state index in [0.717, 1.165) is 24.1 Å². The molecule has 1 atom stereocenters. The molecule has 0 amide bonds. The highest BCUT2D eigenvalue weighted by Crippen LogP contribution is 2.27. The Labute approximate surface area is 89.1 Å². The minimum absolute atomic E-state index is 0.0482. The van der Waals surface area contributed by atoms with E-state index in [1.165, 1.54) is 0 Å². The molecule has 0 aliphatic carbocycles. The zero-order chi connectivity index (χ0) is 10.1. The van der Waals surface area contributed by atoms with Gasteiger partial charge >= 0.3 is 0 Å². The van der Waals surface area contributed by atoms with Crippen LogP contribution in [0.25, 0.3) is 0 Å². The average Bonchev–Trinajstić information content (AvgIpc) is 2.28. The van der Waals surface area contributed by atoms with E-state index in [9.17, 15) is 0 Å². The molecule has 0 aromatic heterocycles. The summed E-state index contributed by atoms with van der Waals surface area (Å²) < 4.78 is 6.70. The third-order valence-electron chi connectivity index (χ3n) is 2.44. The molecule has 0 spiro atoms. The van der Waals surface area contributed by atoms with Crippen molar-refractivity contribution in [3.8, 4) is 0 Å². The summed E-state index contributed by atoms with van der Waals surface area (Å²) in [6, 6.07) is 0.532. The molecule has 0 aromatic rings. The Hall–Kier alpha value is 0.140. The maximum atomic E-state index is 5.67. The predicted molar refractivity (Wildman–Crippen MR) is 59.1 cm³/mol. The molecule has 1 unspecified atom stereocenters. The molecule has 76 valence electrons. The summed E-state index contributed by atoms with van der Waals surface area (Å²) in [4.78, 5) is 2.28. The molecule has 1 rings (SSSR count). The van der Waals surface area contributed by atoms with E-state index in [1.807, 2.05) is 0 Å². The Kier molecular flexibility index (Phi) is 3.55. The second-order valence-corrected chi connectivity index (χ2v) is 5.48. The lowest BCUT2D eigenvalue weighted by Crippen LogP contribution is -2.33. The zero-order valence-electron chi connectivity index (χ0n) is 8.64. The molecule has 1 saturated heterocycles. The average molecular weight is 248 g/mol. The SMILES string of the molecule is C=C(Br)CN(C)C1COC(C)(C)C1. The van der Waals surface area contributed by atoms with Gasteiger partial charge in [0.05, 0.1) is 12.2 Å². The molecule has 0 radical (unpaired) electrons. The third-order valence-corrected chi connectivity index (χ3v) is 2.69. The molecule has 0 bridgehead atoms. The van der Waals surface area contributed by atoms with Crippen LogP contribution in [-0.4, -0.2) is 36.7 Å². The summed E-state index contributed by atoms with van der Waals surface area (Å²) >= 11 is 3.37. The van der Waals surface area contributed by atoms with Crippen molar-refractivity contribution >= 4 is 15.9 Å². The van der Waals surface area contributed by atoms with Gasteiger partial charge in [0.1, 0.15) is 0 Å². The first kappa shape index (κ1) is 11.2. The van der Waals surface area contributed by atoms with Crippen molar-refractivity contribution in [2.45, 2.75) is 31.9 Å². The van der Waals surface area contributed by atoms with E-state index >= 15 is 0 Å². The Morgan fingerprint density at radius 1 is 1.69 bits per heavy atom. The van der Waals surface area contributed by atoms with Crippen LogP contribution in [0.15, 0.2) is 11.1 Å². The van der Waals surface area contributed by atoms with Gasteiger partial charge in [-0.2, -0.15) is 0 Å². The molecule has 0 N–H and O–H groups in total. The second kappa shape index (κ2) is 4.11. The lowest BCUT2D eigenvalue weighted by molar-refractivity contribution is 0.0338. The van der Waals surface area contributed by atoms with Gasteiger partial charge in [0.15, 0.2) is 0 Å². The topological polar surface area (TPSA) is 12.5 Å².